The van der Waals surface area contributed by atoms with Gasteiger partial charge < -0.3 is 11.1 Å². The van der Waals surface area contributed by atoms with E-state index < -0.39 is 0 Å². The Morgan fingerprint density at radius 2 is 1.95 bits per heavy atom. The molecule has 3 heteroatoms. The summed E-state index contributed by atoms with van der Waals surface area (Å²) >= 11 is 1.91. The molecule has 0 bridgehead atoms. The maximum Gasteiger partial charge on any atom is 0.0388 e. The molecule has 1 aromatic heterocycles. The van der Waals surface area contributed by atoms with Gasteiger partial charge in [-0.2, -0.15) is 0 Å². The molecule has 1 aromatic carbocycles. The summed E-state index contributed by atoms with van der Waals surface area (Å²) in [5, 5.41) is 5.13. The van der Waals surface area contributed by atoms with Crippen molar-refractivity contribution >= 4 is 21.4 Å². The van der Waals surface area contributed by atoms with Gasteiger partial charge in [0.25, 0.3) is 0 Å². The summed E-state index contributed by atoms with van der Waals surface area (Å²) in [6, 6.07) is 12.5. The van der Waals surface area contributed by atoms with Crippen molar-refractivity contribution in [2.24, 2.45) is 5.73 Å². The molecule has 1 aliphatic carbocycles. The van der Waals surface area contributed by atoms with E-state index in [1.807, 2.05) is 11.3 Å². The standard InChI is InChI=1S/C16H22N2S/c1-11(18-14-8-6-13(17)7-9-14)16-10-12-4-2-3-5-15(12)19-16/h2-5,10-11,13-14,18H,6-9,17H2,1H3. The fourth-order valence-electron chi connectivity index (χ4n) is 2.94. The fraction of sp³-hybridized carbons (Fsp3) is 0.500. The molecule has 0 spiro atoms. The molecule has 0 aliphatic heterocycles. The Bertz CT molecular complexity index is 507. The summed E-state index contributed by atoms with van der Waals surface area (Å²) in [6.07, 6.45) is 4.76. The van der Waals surface area contributed by atoms with Crippen LogP contribution < -0.4 is 11.1 Å². The van der Waals surface area contributed by atoms with Crippen molar-refractivity contribution in [2.75, 3.05) is 0 Å². The van der Waals surface area contributed by atoms with E-state index in [0.29, 0.717) is 18.1 Å². The molecular weight excluding hydrogens is 252 g/mol. The van der Waals surface area contributed by atoms with Crippen molar-refractivity contribution < 1.29 is 0 Å². The summed E-state index contributed by atoms with van der Waals surface area (Å²) in [4.78, 5) is 1.44. The second-order valence-electron chi connectivity index (χ2n) is 5.69. The van der Waals surface area contributed by atoms with E-state index in [1.54, 1.807) is 0 Å². The first kappa shape index (κ1) is 13.1. The predicted molar refractivity (Wildman–Crippen MR) is 83.6 cm³/mol. The zero-order valence-electron chi connectivity index (χ0n) is 11.4. The number of hydrogen-bond donors (Lipinski definition) is 2. The van der Waals surface area contributed by atoms with Crippen LogP contribution >= 0.6 is 11.3 Å². The van der Waals surface area contributed by atoms with Crippen LogP contribution in [0, 0.1) is 0 Å². The molecule has 0 saturated heterocycles. The number of fused-ring (bicyclic) bond motifs is 1. The summed E-state index contributed by atoms with van der Waals surface area (Å²) in [5.74, 6) is 0. The van der Waals surface area contributed by atoms with Crippen LogP contribution in [0.15, 0.2) is 30.3 Å². The lowest BCUT2D eigenvalue weighted by Crippen LogP contribution is -2.38. The lowest BCUT2D eigenvalue weighted by atomic mass is 9.91. The molecular formula is C16H22N2S. The Labute approximate surface area is 119 Å². The summed E-state index contributed by atoms with van der Waals surface area (Å²) in [5.41, 5.74) is 5.96. The van der Waals surface area contributed by atoms with Crippen LogP contribution in [0.4, 0.5) is 0 Å². The van der Waals surface area contributed by atoms with E-state index in [2.05, 4.69) is 42.6 Å². The second-order valence-corrected chi connectivity index (χ2v) is 6.80. The van der Waals surface area contributed by atoms with E-state index >= 15 is 0 Å². The van der Waals surface area contributed by atoms with Crippen LogP contribution in [0.3, 0.4) is 0 Å². The smallest absolute Gasteiger partial charge is 0.0388 e. The Hall–Kier alpha value is -0.900. The first-order valence-corrected chi connectivity index (χ1v) is 8.04. The number of thiophene rings is 1. The summed E-state index contributed by atoms with van der Waals surface area (Å²) in [6.45, 7) is 2.28. The van der Waals surface area contributed by atoms with Gasteiger partial charge in [0.15, 0.2) is 0 Å². The molecule has 0 amide bonds. The maximum atomic E-state index is 5.96. The number of hydrogen-bond acceptors (Lipinski definition) is 3. The third-order valence-electron chi connectivity index (χ3n) is 4.13. The van der Waals surface area contributed by atoms with Gasteiger partial charge in [-0.05, 0) is 50.1 Å². The van der Waals surface area contributed by atoms with Crippen molar-refractivity contribution in [1.82, 2.24) is 5.32 Å². The minimum absolute atomic E-state index is 0.428. The van der Waals surface area contributed by atoms with Crippen molar-refractivity contribution in [3.63, 3.8) is 0 Å². The molecule has 1 unspecified atom stereocenters. The highest BCUT2D eigenvalue weighted by Crippen LogP contribution is 2.30. The molecule has 1 fully saturated rings. The number of nitrogens with one attached hydrogen (secondary N) is 1. The minimum Gasteiger partial charge on any atom is -0.328 e. The number of nitrogens with two attached hydrogens (primary N) is 1. The zero-order valence-corrected chi connectivity index (χ0v) is 12.2. The lowest BCUT2D eigenvalue weighted by molar-refractivity contribution is 0.323. The molecule has 3 N–H and O–H groups in total. The third kappa shape index (κ3) is 2.99. The molecule has 2 nitrogen and oxygen atoms in total. The second kappa shape index (κ2) is 5.61. The molecule has 1 saturated carbocycles. The van der Waals surface area contributed by atoms with Crippen molar-refractivity contribution in [3.8, 4) is 0 Å². The van der Waals surface area contributed by atoms with E-state index in [4.69, 9.17) is 5.73 Å². The van der Waals surface area contributed by atoms with Crippen LogP contribution in [0.1, 0.15) is 43.5 Å². The number of benzene rings is 1. The molecule has 2 aromatic rings. The topological polar surface area (TPSA) is 38.0 Å². The maximum absolute atomic E-state index is 5.96. The minimum atomic E-state index is 0.428. The van der Waals surface area contributed by atoms with Gasteiger partial charge in [0, 0.05) is 27.7 Å². The molecule has 1 aliphatic rings. The highest BCUT2D eigenvalue weighted by molar-refractivity contribution is 7.19. The van der Waals surface area contributed by atoms with Gasteiger partial charge in [-0.1, -0.05) is 18.2 Å². The Balaban J connectivity index is 1.68. The molecule has 0 radical (unpaired) electrons. The van der Waals surface area contributed by atoms with Gasteiger partial charge >= 0.3 is 0 Å². The Kier molecular flexibility index (Phi) is 3.87. The Morgan fingerprint density at radius 3 is 2.68 bits per heavy atom. The van der Waals surface area contributed by atoms with Gasteiger partial charge in [0.1, 0.15) is 0 Å². The predicted octanol–water partition coefficient (Wildman–Crippen LogP) is 3.82. The van der Waals surface area contributed by atoms with Crippen molar-refractivity contribution in [1.29, 1.82) is 0 Å². The van der Waals surface area contributed by atoms with E-state index in [-0.39, 0.29) is 0 Å². The highest BCUT2D eigenvalue weighted by atomic mass is 32.1. The first-order valence-electron chi connectivity index (χ1n) is 7.22. The van der Waals surface area contributed by atoms with Crippen LogP contribution in [-0.4, -0.2) is 12.1 Å². The summed E-state index contributed by atoms with van der Waals surface area (Å²) in [7, 11) is 0. The molecule has 3 rings (SSSR count). The zero-order chi connectivity index (χ0) is 13.2. The van der Waals surface area contributed by atoms with E-state index in [1.165, 1.54) is 27.8 Å². The van der Waals surface area contributed by atoms with Gasteiger partial charge in [0.2, 0.25) is 0 Å². The SMILES string of the molecule is CC(NC1CCC(N)CC1)c1cc2ccccc2s1. The monoisotopic (exact) mass is 274 g/mol. The largest absolute Gasteiger partial charge is 0.328 e. The van der Waals surface area contributed by atoms with E-state index in [9.17, 15) is 0 Å². The van der Waals surface area contributed by atoms with Crippen molar-refractivity contribution in [3.05, 3.63) is 35.2 Å². The molecule has 19 heavy (non-hydrogen) atoms. The average Bonchev–Trinajstić information content (AvgIpc) is 2.85. The van der Waals surface area contributed by atoms with Crippen LogP contribution in [0.25, 0.3) is 10.1 Å². The lowest BCUT2D eigenvalue weighted by Gasteiger charge is -2.29. The van der Waals surface area contributed by atoms with E-state index in [0.717, 1.165) is 12.8 Å². The van der Waals surface area contributed by atoms with Crippen LogP contribution in [0.5, 0.6) is 0 Å². The van der Waals surface area contributed by atoms with Gasteiger partial charge in [-0.15, -0.1) is 11.3 Å². The van der Waals surface area contributed by atoms with Crippen LogP contribution in [-0.2, 0) is 0 Å². The fourth-order valence-corrected chi connectivity index (χ4v) is 4.01. The normalized spacial score (nSPS) is 25.6. The Morgan fingerprint density at radius 1 is 1.21 bits per heavy atom. The van der Waals surface area contributed by atoms with Crippen molar-refractivity contribution in [2.45, 2.75) is 50.7 Å². The quantitative estimate of drug-likeness (QED) is 0.893. The molecule has 1 atom stereocenters. The van der Waals surface area contributed by atoms with Gasteiger partial charge in [0.05, 0.1) is 0 Å². The molecule has 102 valence electrons. The summed E-state index contributed by atoms with van der Waals surface area (Å²) < 4.78 is 1.39. The average molecular weight is 274 g/mol. The highest BCUT2D eigenvalue weighted by Gasteiger charge is 2.20. The van der Waals surface area contributed by atoms with Gasteiger partial charge in [-0.3, -0.25) is 0 Å². The third-order valence-corrected chi connectivity index (χ3v) is 5.43. The van der Waals surface area contributed by atoms with Crippen LogP contribution in [0.2, 0.25) is 0 Å². The molecule has 1 heterocycles. The van der Waals surface area contributed by atoms with Gasteiger partial charge in [-0.25, -0.2) is 0 Å². The first-order chi connectivity index (χ1) is 9.22. The number of rotatable bonds is 3.